The standard InChI is InChI=1S/C12H19N3O4S/c1-12(2,3)19-11(16)9-6-14-15(10(9)13)8-4-5-20(17,18)7-8/h6,8H,4-5,7,13H2,1-3H3. The summed E-state index contributed by atoms with van der Waals surface area (Å²) >= 11 is 0. The second kappa shape index (κ2) is 4.76. The third-order valence-corrected chi connectivity index (χ3v) is 4.76. The average molecular weight is 301 g/mol. The molecule has 0 spiro atoms. The second-order valence-electron chi connectivity index (χ2n) is 5.95. The molecule has 112 valence electrons. The van der Waals surface area contributed by atoms with Gasteiger partial charge in [0.2, 0.25) is 0 Å². The van der Waals surface area contributed by atoms with Crippen LogP contribution < -0.4 is 5.73 Å². The van der Waals surface area contributed by atoms with Gasteiger partial charge in [0.15, 0.2) is 9.84 Å². The Hall–Kier alpha value is -1.57. The Labute approximate surface area is 118 Å². The molecule has 0 aromatic carbocycles. The van der Waals surface area contributed by atoms with Crippen molar-refractivity contribution in [2.75, 3.05) is 17.2 Å². The highest BCUT2D eigenvalue weighted by atomic mass is 32.2. The molecule has 1 saturated heterocycles. The number of nitrogens with two attached hydrogens (primary N) is 1. The number of ether oxygens (including phenoxy) is 1. The largest absolute Gasteiger partial charge is 0.456 e. The van der Waals surface area contributed by atoms with E-state index < -0.39 is 21.4 Å². The van der Waals surface area contributed by atoms with E-state index in [2.05, 4.69) is 5.10 Å². The number of esters is 1. The van der Waals surface area contributed by atoms with E-state index in [1.165, 1.54) is 10.9 Å². The molecular weight excluding hydrogens is 282 g/mol. The number of carbonyl (C=O) groups is 1. The Morgan fingerprint density at radius 3 is 2.65 bits per heavy atom. The molecule has 20 heavy (non-hydrogen) atoms. The van der Waals surface area contributed by atoms with Crippen LogP contribution in [0.25, 0.3) is 0 Å². The van der Waals surface area contributed by atoms with Crippen LogP contribution in [0.5, 0.6) is 0 Å². The smallest absolute Gasteiger partial charge is 0.344 e. The molecule has 1 aliphatic rings. The van der Waals surface area contributed by atoms with Crippen molar-refractivity contribution in [3.05, 3.63) is 11.8 Å². The van der Waals surface area contributed by atoms with E-state index in [0.717, 1.165) is 0 Å². The van der Waals surface area contributed by atoms with Gasteiger partial charge in [-0.25, -0.2) is 17.9 Å². The molecule has 0 aliphatic carbocycles. The molecule has 1 aliphatic heterocycles. The molecule has 7 nitrogen and oxygen atoms in total. The van der Waals surface area contributed by atoms with Gasteiger partial charge < -0.3 is 10.5 Å². The summed E-state index contributed by atoms with van der Waals surface area (Å²) in [5.74, 6) is -0.269. The molecule has 2 N–H and O–H groups in total. The van der Waals surface area contributed by atoms with Crippen molar-refractivity contribution < 1.29 is 17.9 Å². The normalized spacial score (nSPS) is 21.9. The summed E-state index contributed by atoms with van der Waals surface area (Å²) in [7, 11) is -3.03. The zero-order valence-corrected chi connectivity index (χ0v) is 12.6. The molecule has 1 aromatic rings. The number of hydrogen-bond acceptors (Lipinski definition) is 6. The Kier molecular flexibility index (Phi) is 3.53. The van der Waals surface area contributed by atoms with E-state index in [-0.39, 0.29) is 28.9 Å². The van der Waals surface area contributed by atoms with E-state index in [9.17, 15) is 13.2 Å². The number of rotatable bonds is 2. The van der Waals surface area contributed by atoms with Crippen LogP contribution in [0.4, 0.5) is 5.82 Å². The maximum Gasteiger partial charge on any atom is 0.344 e. The molecule has 2 rings (SSSR count). The number of carbonyl (C=O) groups excluding carboxylic acids is 1. The summed E-state index contributed by atoms with van der Waals surface area (Å²) in [6, 6.07) is -0.309. The van der Waals surface area contributed by atoms with E-state index in [4.69, 9.17) is 10.5 Å². The number of nitrogens with zero attached hydrogens (tertiary/aromatic N) is 2. The van der Waals surface area contributed by atoms with Gasteiger partial charge in [0.05, 0.1) is 23.7 Å². The maximum atomic E-state index is 12.0. The Morgan fingerprint density at radius 1 is 1.50 bits per heavy atom. The van der Waals surface area contributed by atoms with Gasteiger partial charge in [0.25, 0.3) is 0 Å². The van der Waals surface area contributed by atoms with Crippen molar-refractivity contribution in [2.45, 2.75) is 38.8 Å². The summed E-state index contributed by atoms with van der Waals surface area (Å²) in [5, 5.41) is 4.04. The van der Waals surface area contributed by atoms with E-state index in [1.807, 2.05) is 0 Å². The minimum atomic E-state index is -3.03. The Balaban J connectivity index is 2.22. The number of anilines is 1. The number of nitrogen functional groups attached to an aromatic ring is 1. The average Bonchev–Trinajstić information content (AvgIpc) is 2.79. The van der Waals surface area contributed by atoms with Gasteiger partial charge in [-0.05, 0) is 27.2 Å². The third kappa shape index (κ3) is 3.12. The molecule has 1 atom stereocenters. The maximum absolute atomic E-state index is 12.0. The van der Waals surface area contributed by atoms with E-state index in [1.54, 1.807) is 20.8 Å². The first-order valence-corrected chi connectivity index (χ1v) is 8.18. The molecule has 1 unspecified atom stereocenters. The van der Waals surface area contributed by atoms with Crippen molar-refractivity contribution in [3.63, 3.8) is 0 Å². The topological polar surface area (TPSA) is 104 Å². The quantitative estimate of drug-likeness (QED) is 0.809. The molecule has 0 bridgehead atoms. The molecule has 8 heteroatoms. The fraction of sp³-hybridized carbons (Fsp3) is 0.667. The predicted octanol–water partition coefficient (Wildman–Crippen LogP) is 0.780. The van der Waals surface area contributed by atoms with Crippen molar-refractivity contribution in [1.82, 2.24) is 9.78 Å². The summed E-state index contributed by atoms with van der Waals surface area (Å²) < 4.78 is 29.6. The van der Waals surface area contributed by atoms with Crippen LogP contribution in [0.1, 0.15) is 43.6 Å². The summed E-state index contributed by atoms with van der Waals surface area (Å²) in [5.41, 5.74) is 5.44. The first-order valence-electron chi connectivity index (χ1n) is 6.36. The number of aromatic nitrogens is 2. The molecular formula is C12H19N3O4S. The van der Waals surface area contributed by atoms with Gasteiger partial charge in [0.1, 0.15) is 17.0 Å². The highest BCUT2D eigenvalue weighted by Crippen LogP contribution is 2.27. The van der Waals surface area contributed by atoms with Crippen LogP contribution in [0.2, 0.25) is 0 Å². The summed E-state index contributed by atoms with van der Waals surface area (Å²) in [6.45, 7) is 5.28. The summed E-state index contributed by atoms with van der Waals surface area (Å²) in [4.78, 5) is 12.0. The Morgan fingerprint density at radius 2 is 2.15 bits per heavy atom. The molecule has 2 heterocycles. The van der Waals surface area contributed by atoms with Crippen LogP contribution in [0, 0.1) is 0 Å². The van der Waals surface area contributed by atoms with E-state index in [0.29, 0.717) is 6.42 Å². The predicted molar refractivity (Wildman–Crippen MR) is 74.1 cm³/mol. The van der Waals surface area contributed by atoms with Crippen molar-refractivity contribution >= 4 is 21.6 Å². The lowest BCUT2D eigenvalue weighted by molar-refractivity contribution is 0.00707. The fourth-order valence-corrected chi connectivity index (χ4v) is 3.81. The zero-order chi connectivity index (χ0) is 15.1. The molecule has 0 radical (unpaired) electrons. The minimum absolute atomic E-state index is 0.00659. The van der Waals surface area contributed by atoms with Gasteiger partial charge in [0, 0.05) is 0 Å². The fourth-order valence-electron chi connectivity index (χ4n) is 2.12. The van der Waals surface area contributed by atoms with Crippen molar-refractivity contribution in [2.24, 2.45) is 0 Å². The van der Waals surface area contributed by atoms with Gasteiger partial charge in [-0.15, -0.1) is 0 Å². The zero-order valence-electron chi connectivity index (χ0n) is 11.8. The van der Waals surface area contributed by atoms with Gasteiger partial charge in [-0.2, -0.15) is 5.10 Å². The third-order valence-electron chi connectivity index (χ3n) is 3.01. The molecule has 0 amide bonds. The van der Waals surface area contributed by atoms with Crippen molar-refractivity contribution in [1.29, 1.82) is 0 Å². The first-order chi connectivity index (χ1) is 9.09. The number of hydrogen-bond donors (Lipinski definition) is 1. The van der Waals surface area contributed by atoms with Crippen LogP contribution in [-0.2, 0) is 14.6 Å². The molecule has 1 aromatic heterocycles. The Bertz CT molecular complexity index is 628. The van der Waals surface area contributed by atoms with E-state index >= 15 is 0 Å². The van der Waals surface area contributed by atoms with Gasteiger partial charge in [-0.3, -0.25) is 0 Å². The summed E-state index contributed by atoms with van der Waals surface area (Å²) in [6.07, 6.45) is 1.79. The lowest BCUT2D eigenvalue weighted by atomic mass is 10.2. The van der Waals surface area contributed by atoms with Crippen LogP contribution in [-0.4, -0.2) is 41.3 Å². The van der Waals surface area contributed by atoms with Crippen molar-refractivity contribution in [3.8, 4) is 0 Å². The van der Waals surface area contributed by atoms with Crippen LogP contribution in [0.15, 0.2) is 6.20 Å². The minimum Gasteiger partial charge on any atom is -0.456 e. The van der Waals surface area contributed by atoms with Gasteiger partial charge in [-0.1, -0.05) is 0 Å². The SMILES string of the molecule is CC(C)(C)OC(=O)c1cnn(C2CCS(=O)(=O)C2)c1N. The van der Waals surface area contributed by atoms with Gasteiger partial charge >= 0.3 is 5.97 Å². The molecule has 1 fully saturated rings. The lowest BCUT2D eigenvalue weighted by Gasteiger charge is -2.19. The lowest BCUT2D eigenvalue weighted by Crippen LogP contribution is -2.24. The highest BCUT2D eigenvalue weighted by Gasteiger charge is 2.32. The second-order valence-corrected chi connectivity index (χ2v) is 8.18. The monoisotopic (exact) mass is 301 g/mol. The first kappa shape index (κ1) is 14.8. The van der Waals surface area contributed by atoms with Crippen LogP contribution >= 0.6 is 0 Å². The van der Waals surface area contributed by atoms with Crippen LogP contribution in [0.3, 0.4) is 0 Å². The molecule has 0 saturated carbocycles. The highest BCUT2D eigenvalue weighted by molar-refractivity contribution is 7.91. The number of sulfone groups is 1.